The molecule has 0 amide bonds. The van der Waals surface area contributed by atoms with E-state index in [1.54, 1.807) is 11.0 Å². The summed E-state index contributed by atoms with van der Waals surface area (Å²) < 4.78 is 1.63. The number of hydrogen-bond acceptors (Lipinski definition) is 5. The first kappa shape index (κ1) is 11.7. The molecule has 6 heteroatoms. The van der Waals surface area contributed by atoms with Crippen LogP contribution in [0.3, 0.4) is 0 Å². The highest BCUT2D eigenvalue weighted by atomic mass is 15.4. The third-order valence-electron chi connectivity index (χ3n) is 2.33. The van der Waals surface area contributed by atoms with Crippen LogP contribution in [0.15, 0.2) is 12.4 Å². The molecule has 0 aliphatic carbocycles. The average molecular weight is 232 g/mol. The van der Waals surface area contributed by atoms with E-state index in [1.165, 1.54) is 0 Å². The molecule has 0 atom stereocenters. The van der Waals surface area contributed by atoms with Crippen LogP contribution in [0.25, 0.3) is 5.82 Å². The lowest BCUT2D eigenvalue weighted by atomic mass is 10.2. The number of nitrogens with zero attached hydrogens (tertiary/aromatic N) is 5. The van der Waals surface area contributed by atoms with Gasteiger partial charge in [0.25, 0.3) is 0 Å². The molecule has 2 rings (SSSR count). The van der Waals surface area contributed by atoms with Gasteiger partial charge < -0.3 is 5.73 Å². The average Bonchev–Trinajstić information content (AvgIpc) is 2.76. The van der Waals surface area contributed by atoms with Crippen molar-refractivity contribution >= 4 is 0 Å². The first-order valence-electron chi connectivity index (χ1n) is 5.56. The number of aromatic nitrogens is 5. The van der Waals surface area contributed by atoms with Crippen molar-refractivity contribution in [3.05, 3.63) is 29.7 Å². The van der Waals surface area contributed by atoms with Crippen LogP contribution in [-0.2, 0) is 6.54 Å². The Morgan fingerprint density at radius 3 is 2.71 bits per heavy atom. The van der Waals surface area contributed by atoms with Gasteiger partial charge in [0.05, 0.1) is 6.54 Å². The molecule has 2 N–H and O–H groups in total. The van der Waals surface area contributed by atoms with Gasteiger partial charge in [0.15, 0.2) is 11.6 Å². The van der Waals surface area contributed by atoms with Gasteiger partial charge in [-0.25, -0.2) is 19.6 Å². The second-order valence-electron chi connectivity index (χ2n) is 4.19. The van der Waals surface area contributed by atoms with Crippen molar-refractivity contribution in [2.45, 2.75) is 33.2 Å². The van der Waals surface area contributed by atoms with Crippen LogP contribution >= 0.6 is 0 Å². The first-order valence-corrected chi connectivity index (χ1v) is 5.56. The Morgan fingerprint density at radius 1 is 1.35 bits per heavy atom. The van der Waals surface area contributed by atoms with E-state index >= 15 is 0 Å². The maximum atomic E-state index is 5.48. The Labute approximate surface area is 99.9 Å². The first-order chi connectivity index (χ1) is 8.10. The lowest BCUT2D eigenvalue weighted by Gasteiger charge is -2.07. The largest absolute Gasteiger partial charge is 0.324 e. The fraction of sp³-hybridized carbons (Fsp3) is 0.455. The fourth-order valence-electron chi connectivity index (χ4n) is 1.45. The van der Waals surface area contributed by atoms with E-state index in [4.69, 9.17) is 5.73 Å². The molecule has 17 heavy (non-hydrogen) atoms. The third-order valence-corrected chi connectivity index (χ3v) is 2.33. The van der Waals surface area contributed by atoms with E-state index in [1.807, 2.05) is 13.0 Å². The summed E-state index contributed by atoms with van der Waals surface area (Å²) in [5.74, 6) is 2.43. The van der Waals surface area contributed by atoms with E-state index in [0.717, 1.165) is 17.3 Å². The van der Waals surface area contributed by atoms with Gasteiger partial charge >= 0.3 is 0 Å². The van der Waals surface area contributed by atoms with E-state index in [-0.39, 0.29) is 5.92 Å². The van der Waals surface area contributed by atoms with Crippen LogP contribution in [0.4, 0.5) is 0 Å². The van der Waals surface area contributed by atoms with Crippen molar-refractivity contribution in [3.63, 3.8) is 0 Å². The van der Waals surface area contributed by atoms with Crippen molar-refractivity contribution in [3.8, 4) is 5.82 Å². The van der Waals surface area contributed by atoms with Crippen LogP contribution in [-0.4, -0.2) is 24.7 Å². The monoisotopic (exact) mass is 232 g/mol. The molecule has 0 aliphatic heterocycles. The molecule has 90 valence electrons. The van der Waals surface area contributed by atoms with Gasteiger partial charge in [-0.2, -0.15) is 0 Å². The summed E-state index contributed by atoms with van der Waals surface area (Å²) in [4.78, 5) is 12.9. The predicted molar refractivity (Wildman–Crippen MR) is 63.7 cm³/mol. The van der Waals surface area contributed by atoms with Gasteiger partial charge in [0.1, 0.15) is 12.2 Å². The molecular weight excluding hydrogens is 216 g/mol. The van der Waals surface area contributed by atoms with Gasteiger partial charge in [-0.05, 0) is 6.92 Å². The van der Waals surface area contributed by atoms with Gasteiger partial charge in [0.2, 0.25) is 0 Å². The standard InChI is InChI=1S/C11H16N6/c1-7(2)11-14-8(3)4-10(15-11)17-6-13-9(5-12)16-17/h4,6-7H,5,12H2,1-3H3. The topological polar surface area (TPSA) is 82.5 Å². The Bertz CT molecular complexity index is 516. The minimum atomic E-state index is 0.283. The number of rotatable bonds is 3. The van der Waals surface area contributed by atoms with Crippen LogP contribution < -0.4 is 5.73 Å². The maximum absolute atomic E-state index is 5.48. The molecule has 0 bridgehead atoms. The summed E-state index contributed by atoms with van der Waals surface area (Å²) in [7, 11) is 0. The van der Waals surface area contributed by atoms with E-state index in [9.17, 15) is 0 Å². The number of hydrogen-bond donors (Lipinski definition) is 1. The normalized spacial score (nSPS) is 11.1. The zero-order chi connectivity index (χ0) is 12.4. The number of nitrogens with two attached hydrogens (primary N) is 1. The molecule has 0 unspecified atom stereocenters. The quantitative estimate of drug-likeness (QED) is 0.851. The van der Waals surface area contributed by atoms with Gasteiger partial charge in [0, 0.05) is 17.7 Å². The van der Waals surface area contributed by atoms with Crippen LogP contribution in [0.1, 0.15) is 37.1 Å². The van der Waals surface area contributed by atoms with Crippen LogP contribution in [0.2, 0.25) is 0 Å². The Balaban J connectivity index is 2.44. The van der Waals surface area contributed by atoms with Crippen LogP contribution in [0, 0.1) is 6.92 Å². The maximum Gasteiger partial charge on any atom is 0.164 e. The van der Waals surface area contributed by atoms with E-state index < -0.39 is 0 Å². The van der Waals surface area contributed by atoms with Crippen molar-refractivity contribution in [1.29, 1.82) is 0 Å². The number of aryl methyl sites for hydroxylation is 1. The summed E-state index contributed by atoms with van der Waals surface area (Å²) in [6.07, 6.45) is 1.62. The summed E-state index contributed by atoms with van der Waals surface area (Å²) in [6.45, 7) is 6.39. The highest BCUT2D eigenvalue weighted by Crippen LogP contribution is 2.12. The Morgan fingerprint density at radius 2 is 2.12 bits per heavy atom. The summed E-state index contributed by atoms with van der Waals surface area (Å²) in [6, 6.07) is 1.88. The van der Waals surface area contributed by atoms with Gasteiger partial charge in [-0.15, -0.1) is 5.10 Å². The van der Waals surface area contributed by atoms with E-state index in [0.29, 0.717) is 12.4 Å². The Kier molecular flexibility index (Phi) is 3.14. The smallest absolute Gasteiger partial charge is 0.164 e. The summed E-state index contributed by atoms with van der Waals surface area (Å²) in [5.41, 5.74) is 6.40. The Hall–Kier alpha value is -1.82. The molecule has 2 aromatic rings. The third kappa shape index (κ3) is 2.47. The van der Waals surface area contributed by atoms with Gasteiger partial charge in [-0.3, -0.25) is 0 Å². The molecule has 0 aliphatic rings. The molecule has 0 spiro atoms. The molecule has 2 heterocycles. The second-order valence-corrected chi connectivity index (χ2v) is 4.19. The molecule has 0 saturated carbocycles. The minimum absolute atomic E-state index is 0.283. The minimum Gasteiger partial charge on any atom is -0.324 e. The summed E-state index contributed by atoms with van der Waals surface area (Å²) in [5, 5.41) is 4.23. The fourth-order valence-corrected chi connectivity index (χ4v) is 1.45. The molecule has 6 nitrogen and oxygen atoms in total. The van der Waals surface area contributed by atoms with Crippen molar-refractivity contribution in [1.82, 2.24) is 24.7 Å². The molecule has 2 aromatic heterocycles. The lowest BCUT2D eigenvalue weighted by Crippen LogP contribution is -2.07. The SMILES string of the molecule is Cc1cc(-n2cnc(CN)n2)nc(C(C)C)n1. The van der Waals surface area contributed by atoms with Crippen molar-refractivity contribution in [2.24, 2.45) is 5.73 Å². The second kappa shape index (κ2) is 4.58. The molecule has 0 aromatic carbocycles. The molecular formula is C11H16N6. The highest BCUT2D eigenvalue weighted by molar-refractivity contribution is 5.24. The zero-order valence-electron chi connectivity index (χ0n) is 10.3. The highest BCUT2D eigenvalue weighted by Gasteiger charge is 2.08. The summed E-state index contributed by atoms with van der Waals surface area (Å²) >= 11 is 0. The predicted octanol–water partition coefficient (Wildman–Crippen LogP) is 0.948. The molecule has 0 fully saturated rings. The lowest BCUT2D eigenvalue weighted by molar-refractivity contribution is 0.732. The van der Waals surface area contributed by atoms with Crippen LogP contribution in [0.5, 0.6) is 0 Å². The van der Waals surface area contributed by atoms with Crippen molar-refractivity contribution < 1.29 is 0 Å². The molecule has 0 radical (unpaired) electrons. The van der Waals surface area contributed by atoms with E-state index in [2.05, 4.69) is 33.9 Å². The molecule has 0 saturated heterocycles. The van der Waals surface area contributed by atoms with Crippen molar-refractivity contribution in [2.75, 3.05) is 0 Å². The van der Waals surface area contributed by atoms with Gasteiger partial charge in [-0.1, -0.05) is 13.8 Å². The zero-order valence-corrected chi connectivity index (χ0v) is 10.3.